The number of thiol groups is 1. The van der Waals surface area contributed by atoms with E-state index in [0.717, 1.165) is 13.4 Å². The standard InChI is InChI=1S/C18H11Br2N.C18H12BrN.CH3F.BHNS/c19-12-5-8-14(9-6-12)21-17-4-2-1-3-15(17)16-11-13(20)7-10-18(16)21;19-13-9-11-14(12-10-13)20-17-7-3-1-5-15(17)16-6-2-4-8-18(16)20;1-2;1-2-3/h1-11H;1-12H;1H3;3H/i;;1D;. The third kappa shape index (κ3) is 7.08. The zero-order valence-electron chi connectivity index (χ0n) is 25.4. The van der Waals surface area contributed by atoms with Crippen LogP contribution < -0.4 is 0 Å². The van der Waals surface area contributed by atoms with Crippen LogP contribution in [0.15, 0.2) is 157 Å². The zero-order chi connectivity index (χ0) is 33.3. The van der Waals surface area contributed by atoms with Crippen LogP contribution in [0.1, 0.15) is 1.37 Å². The maximum absolute atomic E-state index is 9.96. The predicted molar refractivity (Wildman–Crippen MR) is 209 cm³/mol. The summed E-state index contributed by atoms with van der Waals surface area (Å²) in [5.41, 5.74) is 7.30. The number of aromatic nitrogens is 2. The molecule has 227 valence electrons. The van der Waals surface area contributed by atoms with Crippen LogP contribution in [0.2, 0.25) is 0 Å². The van der Waals surface area contributed by atoms with Gasteiger partial charge in [0.1, 0.15) is 0 Å². The summed E-state index contributed by atoms with van der Waals surface area (Å²) in [6.07, 6.45) is 0. The molecule has 0 spiro atoms. The number of halogens is 4. The number of hydrogen-bond donors (Lipinski definition) is 1. The summed E-state index contributed by atoms with van der Waals surface area (Å²) in [6, 6.07) is 49.0. The normalized spacial score (nSPS) is 10.7. The zero-order valence-corrected chi connectivity index (χ0v) is 30.0. The van der Waals surface area contributed by atoms with Crippen LogP contribution in [0.3, 0.4) is 0 Å². The number of nitrogens with zero attached hydrogens (tertiary/aromatic N) is 3. The van der Waals surface area contributed by atoms with Gasteiger partial charge >= 0.3 is 24.8 Å². The topological polar surface area (TPSA) is 22.2 Å². The van der Waals surface area contributed by atoms with Crippen LogP contribution in [0.25, 0.3) is 55.0 Å². The average molecular weight is 816 g/mol. The number of para-hydroxylation sites is 3. The molecule has 8 rings (SSSR count). The fraction of sp³-hybridized carbons (Fsp3) is 0.0270. The summed E-state index contributed by atoms with van der Waals surface area (Å²) in [7, 11) is 3.34. The van der Waals surface area contributed by atoms with Gasteiger partial charge in [-0.15, -0.1) is 0 Å². The van der Waals surface area contributed by atoms with E-state index in [1.54, 1.807) is 0 Å². The Morgan fingerprint density at radius 1 is 0.543 bits per heavy atom. The van der Waals surface area contributed by atoms with Gasteiger partial charge in [0.25, 0.3) is 0 Å². The molecule has 0 aliphatic rings. The van der Waals surface area contributed by atoms with Gasteiger partial charge in [-0.05, 0) is 84.9 Å². The van der Waals surface area contributed by atoms with Crippen LogP contribution in [-0.2, 0) is 0 Å². The van der Waals surface area contributed by atoms with E-state index >= 15 is 0 Å². The van der Waals surface area contributed by atoms with Crippen molar-refractivity contribution in [2.24, 2.45) is 4.30 Å². The SMILES string of the molecule is Brc1ccc(-n2c3ccccc3c3cc(Br)ccc32)cc1.Brc1ccc(-n2c3ccccc3c3ccccc32)cc1.[2H]CF.[B]=NS. The van der Waals surface area contributed by atoms with Gasteiger partial charge in [-0.1, -0.05) is 102 Å². The quantitative estimate of drug-likeness (QED) is 0.133. The molecule has 1 radical (unpaired) electrons. The van der Waals surface area contributed by atoms with E-state index in [9.17, 15) is 4.39 Å². The minimum atomic E-state index is -1.00. The minimum absolute atomic E-state index is 1.00. The van der Waals surface area contributed by atoms with Crippen molar-refractivity contribution < 1.29 is 5.76 Å². The Kier molecular flexibility index (Phi) is 11.2. The van der Waals surface area contributed by atoms with Gasteiger partial charge in [-0.2, -0.15) is 0 Å². The van der Waals surface area contributed by atoms with Crippen molar-refractivity contribution in [1.29, 1.82) is 0 Å². The van der Waals surface area contributed by atoms with Crippen molar-refractivity contribution in [1.82, 2.24) is 9.13 Å². The average Bonchev–Trinajstić information content (AvgIpc) is 3.59. The Hall–Kier alpha value is -3.50. The molecule has 0 aliphatic heterocycles. The Morgan fingerprint density at radius 2 is 0.848 bits per heavy atom. The summed E-state index contributed by atoms with van der Waals surface area (Å²) in [6.45, 7) is 0. The molecule has 2 heterocycles. The second-order valence-corrected chi connectivity index (χ2v) is 12.9. The van der Waals surface area contributed by atoms with Crippen molar-refractivity contribution in [2.75, 3.05) is 7.15 Å². The first kappa shape index (κ1) is 32.4. The molecule has 0 saturated carbocycles. The molecule has 0 aliphatic carbocycles. The first-order valence-electron chi connectivity index (χ1n) is 14.7. The molecule has 0 saturated heterocycles. The second kappa shape index (κ2) is 15.9. The van der Waals surface area contributed by atoms with Gasteiger partial charge in [-0.25, -0.2) is 0 Å². The van der Waals surface area contributed by atoms with E-state index in [-0.39, 0.29) is 0 Å². The molecule has 46 heavy (non-hydrogen) atoms. The summed E-state index contributed by atoms with van der Waals surface area (Å²) < 4.78 is 26.1. The van der Waals surface area contributed by atoms with Crippen molar-refractivity contribution in [2.45, 2.75) is 0 Å². The van der Waals surface area contributed by atoms with E-state index in [4.69, 9.17) is 1.37 Å². The number of hydrogen-bond acceptors (Lipinski definition) is 2. The Bertz CT molecular complexity index is 2220. The first-order valence-corrected chi connectivity index (χ1v) is 16.8. The molecule has 0 N–H and O–H groups in total. The molecule has 3 nitrogen and oxygen atoms in total. The molecule has 0 unspecified atom stereocenters. The second-order valence-electron chi connectivity index (χ2n) is 9.95. The van der Waals surface area contributed by atoms with Crippen molar-refractivity contribution in [3.8, 4) is 11.4 Å². The summed E-state index contributed by atoms with van der Waals surface area (Å²) >= 11 is 13.8. The van der Waals surface area contributed by atoms with Gasteiger partial charge in [-0.3, -0.25) is 4.39 Å². The Labute approximate surface area is 300 Å². The molecule has 2 aromatic heterocycles. The molecule has 6 aromatic carbocycles. The third-order valence-corrected chi connectivity index (χ3v) is 8.93. The van der Waals surface area contributed by atoms with E-state index in [1.807, 2.05) is 0 Å². The van der Waals surface area contributed by atoms with E-state index in [0.29, 0.717) is 0 Å². The van der Waals surface area contributed by atoms with E-state index in [1.165, 1.54) is 55.0 Å². The third-order valence-electron chi connectivity index (χ3n) is 7.38. The van der Waals surface area contributed by atoms with Crippen LogP contribution in [0, 0.1) is 0 Å². The fourth-order valence-corrected chi connectivity index (χ4v) is 6.49. The maximum atomic E-state index is 9.96. The van der Waals surface area contributed by atoms with Crippen LogP contribution in [-0.4, -0.2) is 23.9 Å². The summed E-state index contributed by atoms with van der Waals surface area (Å²) in [4.78, 5) is 0. The Balaban J connectivity index is 0.000000159. The van der Waals surface area contributed by atoms with Gasteiger partial charge in [0.05, 0.1) is 30.6 Å². The van der Waals surface area contributed by atoms with Gasteiger partial charge < -0.3 is 9.13 Å². The monoisotopic (exact) mass is 813 g/mol. The fourth-order valence-electron chi connectivity index (χ4n) is 5.60. The van der Waals surface area contributed by atoms with Gasteiger partial charge in [0.15, 0.2) is 0 Å². The van der Waals surface area contributed by atoms with Crippen molar-refractivity contribution in [3.05, 3.63) is 153 Å². The summed E-state index contributed by atoms with van der Waals surface area (Å²) in [5, 5.41) is 5.14. The van der Waals surface area contributed by atoms with Crippen molar-refractivity contribution >= 4 is 112 Å². The summed E-state index contributed by atoms with van der Waals surface area (Å²) in [5.74, 6) is 0. The predicted octanol–water partition coefficient (Wildman–Crippen LogP) is 12.6. The molecule has 0 fully saturated rings. The van der Waals surface area contributed by atoms with E-state index in [2.05, 4.69) is 221 Å². The molecular formula is C37H27BBr3FN3S. The van der Waals surface area contributed by atoms with Gasteiger partial charge in [0.2, 0.25) is 0 Å². The van der Waals surface area contributed by atoms with Crippen molar-refractivity contribution in [3.63, 3.8) is 0 Å². The molecule has 9 heteroatoms. The molecule has 8 aromatic rings. The number of alkyl halides is 1. The molecule has 0 amide bonds. The number of benzene rings is 6. The van der Waals surface area contributed by atoms with E-state index < -0.39 is 7.15 Å². The molecular weight excluding hydrogens is 788 g/mol. The number of fused-ring (bicyclic) bond motifs is 6. The van der Waals surface area contributed by atoms with Gasteiger partial charge in [0, 0.05) is 46.3 Å². The first-order chi connectivity index (χ1) is 22.9. The number of rotatable bonds is 2. The van der Waals surface area contributed by atoms with Crippen LogP contribution in [0.4, 0.5) is 4.39 Å². The Morgan fingerprint density at radius 3 is 1.24 bits per heavy atom. The van der Waals surface area contributed by atoms with Crippen LogP contribution in [0.5, 0.6) is 0 Å². The van der Waals surface area contributed by atoms with Crippen LogP contribution >= 0.6 is 60.6 Å². The molecule has 0 bridgehead atoms. The molecule has 0 atom stereocenters.